The zero-order valence-electron chi connectivity index (χ0n) is 8.68. The molecule has 1 aromatic heterocycles. The number of anilines is 3. The van der Waals surface area contributed by atoms with Crippen molar-refractivity contribution in [3.63, 3.8) is 0 Å². The summed E-state index contributed by atoms with van der Waals surface area (Å²) in [6.45, 7) is 0. The van der Waals surface area contributed by atoms with Crippen molar-refractivity contribution in [2.24, 2.45) is 0 Å². The van der Waals surface area contributed by atoms with Crippen molar-refractivity contribution in [2.75, 3.05) is 11.1 Å². The van der Waals surface area contributed by atoms with E-state index in [1.807, 2.05) is 6.07 Å². The minimum atomic E-state index is 0.371. The normalized spacial score (nSPS) is 9.65. The van der Waals surface area contributed by atoms with Crippen LogP contribution in [0.3, 0.4) is 0 Å². The Morgan fingerprint density at radius 1 is 1.29 bits per heavy atom. The van der Waals surface area contributed by atoms with Gasteiger partial charge in [0.25, 0.3) is 0 Å². The summed E-state index contributed by atoms with van der Waals surface area (Å²) in [6.07, 6.45) is 1.58. The molecular weight excluding hydrogens is 282 g/mol. The van der Waals surface area contributed by atoms with Crippen LogP contribution in [0, 0.1) is 11.3 Å². The van der Waals surface area contributed by atoms with Gasteiger partial charge in [0, 0.05) is 11.9 Å². The fourth-order valence-electron chi connectivity index (χ4n) is 1.20. The zero-order valence-corrected chi connectivity index (χ0v) is 10.3. The molecule has 2 aromatic rings. The SMILES string of the molecule is N#Cc1ccc(Nc2ncc(Br)c(N)n2)cc1. The fraction of sp³-hybridized carbons (Fsp3) is 0. The summed E-state index contributed by atoms with van der Waals surface area (Å²) >= 11 is 3.22. The molecule has 5 nitrogen and oxygen atoms in total. The highest BCUT2D eigenvalue weighted by Crippen LogP contribution is 2.19. The first-order valence-electron chi connectivity index (χ1n) is 4.74. The van der Waals surface area contributed by atoms with Crippen molar-refractivity contribution in [1.82, 2.24) is 9.97 Å². The Kier molecular flexibility index (Phi) is 3.21. The number of rotatable bonds is 2. The highest BCUT2D eigenvalue weighted by Gasteiger charge is 2.01. The second-order valence-electron chi connectivity index (χ2n) is 3.24. The van der Waals surface area contributed by atoms with Crippen molar-refractivity contribution >= 4 is 33.4 Å². The lowest BCUT2D eigenvalue weighted by Gasteiger charge is -2.05. The van der Waals surface area contributed by atoms with E-state index in [-0.39, 0.29) is 0 Å². The summed E-state index contributed by atoms with van der Waals surface area (Å²) in [7, 11) is 0. The minimum absolute atomic E-state index is 0.371. The summed E-state index contributed by atoms with van der Waals surface area (Å²) in [6, 6.07) is 9.03. The van der Waals surface area contributed by atoms with Crippen LogP contribution in [-0.2, 0) is 0 Å². The van der Waals surface area contributed by atoms with Crippen molar-refractivity contribution in [3.8, 4) is 6.07 Å². The fourth-order valence-corrected chi connectivity index (χ4v) is 1.39. The van der Waals surface area contributed by atoms with Gasteiger partial charge in [0.05, 0.1) is 16.1 Å². The van der Waals surface area contributed by atoms with Crippen LogP contribution in [0.4, 0.5) is 17.5 Å². The lowest BCUT2D eigenvalue weighted by Crippen LogP contribution is -2.00. The lowest BCUT2D eigenvalue weighted by molar-refractivity contribution is 1.16. The molecule has 1 heterocycles. The molecule has 0 saturated heterocycles. The van der Waals surface area contributed by atoms with Gasteiger partial charge in [-0.3, -0.25) is 0 Å². The van der Waals surface area contributed by atoms with Gasteiger partial charge < -0.3 is 11.1 Å². The smallest absolute Gasteiger partial charge is 0.229 e. The number of hydrogen-bond acceptors (Lipinski definition) is 5. The summed E-state index contributed by atoms with van der Waals surface area (Å²) in [5.41, 5.74) is 7.04. The molecule has 0 amide bonds. The minimum Gasteiger partial charge on any atom is -0.383 e. The second-order valence-corrected chi connectivity index (χ2v) is 4.10. The number of nitrogens with two attached hydrogens (primary N) is 1. The van der Waals surface area contributed by atoms with E-state index < -0.39 is 0 Å². The maximum absolute atomic E-state index is 8.67. The van der Waals surface area contributed by atoms with E-state index >= 15 is 0 Å². The average Bonchev–Trinajstić information content (AvgIpc) is 2.35. The molecule has 6 heteroatoms. The molecule has 0 atom stereocenters. The van der Waals surface area contributed by atoms with Crippen LogP contribution in [0.25, 0.3) is 0 Å². The largest absolute Gasteiger partial charge is 0.383 e. The predicted molar refractivity (Wildman–Crippen MR) is 68.6 cm³/mol. The van der Waals surface area contributed by atoms with Gasteiger partial charge in [0.2, 0.25) is 5.95 Å². The number of benzene rings is 1. The number of hydrogen-bond donors (Lipinski definition) is 2. The Morgan fingerprint density at radius 2 is 2.00 bits per heavy atom. The monoisotopic (exact) mass is 289 g/mol. The number of nitrogens with one attached hydrogen (secondary N) is 1. The molecule has 0 fully saturated rings. The Bertz CT molecular complexity index is 573. The second kappa shape index (κ2) is 4.80. The molecule has 0 bridgehead atoms. The van der Waals surface area contributed by atoms with Crippen molar-refractivity contribution in [1.29, 1.82) is 5.26 Å². The molecule has 3 N–H and O–H groups in total. The van der Waals surface area contributed by atoms with Crippen LogP contribution in [-0.4, -0.2) is 9.97 Å². The van der Waals surface area contributed by atoms with Crippen LogP contribution >= 0.6 is 15.9 Å². The number of aromatic nitrogens is 2. The highest BCUT2D eigenvalue weighted by molar-refractivity contribution is 9.10. The van der Waals surface area contributed by atoms with Gasteiger partial charge in [0.15, 0.2) is 0 Å². The summed E-state index contributed by atoms with van der Waals surface area (Å²) in [5.74, 6) is 0.784. The summed E-state index contributed by atoms with van der Waals surface area (Å²) in [4.78, 5) is 8.12. The summed E-state index contributed by atoms with van der Waals surface area (Å²) < 4.78 is 0.655. The van der Waals surface area contributed by atoms with Crippen LogP contribution < -0.4 is 11.1 Å². The van der Waals surface area contributed by atoms with Crippen LogP contribution in [0.1, 0.15) is 5.56 Å². The van der Waals surface area contributed by atoms with Crippen molar-refractivity contribution in [2.45, 2.75) is 0 Å². The van der Waals surface area contributed by atoms with E-state index in [2.05, 4.69) is 31.2 Å². The van der Waals surface area contributed by atoms with Gasteiger partial charge in [-0.25, -0.2) is 4.98 Å². The van der Waals surface area contributed by atoms with Crippen molar-refractivity contribution < 1.29 is 0 Å². The van der Waals surface area contributed by atoms with Gasteiger partial charge >= 0.3 is 0 Å². The third kappa shape index (κ3) is 2.71. The molecule has 2 rings (SSSR count). The highest BCUT2D eigenvalue weighted by atomic mass is 79.9. The number of nitriles is 1. The van der Waals surface area contributed by atoms with E-state index in [9.17, 15) is 0 Å². The van der Waals surface area contributed by atoms with E-state index in [0.717, 1.165) is 5.69 Å². The van der Waals surface area contributed by atoms with E-state index in [1.54, 1.807) is 30.5 Å². The van der Waals surface area contributed by atoms with Gasteiger partial charge in [-0.2, -0.15) is 10.2 Å². The number of halogens is 1. The van der Waals surface area contributed by atoms with Crippen LogP contribution in [0.5, 0.6) is 0 Å². The third-order valence-electron chi connectivity index (χ3n) is 2.04. The Labute approximate surface area is 106 Å². The molecule has 0 spiro atoms. The van der Waals surface area contributed by atoms with Crippen molar-refractivity contribution in [3.05, 3.63) is 40.5 Å². The molecular formula is C11H8BrN5. The van der Waals surface area contributed by atoms with E-state index in [1.165, 1.54) is 0 Å². The van der Waals surface area contributed by atoms with Gasteiger partial charge in [0.1, 0.15) is 5.82 Å². The number of nitrogens with zero attached hydrogens (tertiary/aromatic N) is 3. The molecule has 0 saturated carbocycles. The third-order valence-corrected chi connectivity index (χ3v) is 2.65. The lowest BCUT2D eigenvalue weighted by atomic mass is 10.2. The molecule has 0 aliphatic rings. The first-order valence-corrected chi connectivity index (χ1v) is 5.53. The molecule has 0 unspecified atom stereocenters. The van der Waals surface area contributed by atoms with E-state index in [4.69, 9.17) is 11.0 Å². The van der Waals surface area contributed by atoms with Gasteiger partial charge in [-0.05, 0) is 40.2 Å². The summed E-state index contributed by atoms with van der Waals surface area (Å²) in [5, 5.41) is 11.7. The molecule has 84 valence electrons. The Balaban J connectivity index is 2.20. The van der Waals surface area contributed by atoms with Gasteiger partial charge in [-0.15, -0.1) is 0 Å². The quantitative estimate of drug-likeness (QED) is 0.887. The first kappa shape index (κ1) is 11.4. The topological polar surface area (TPSA) is 87.6 Å². The average molecular weight is 290 g/mol. The standard InChI is InChI=1S/C11H8BrN5/c12-9-6-15-11(17-10(9)14)16-8-3-1-7(5-13)2-4-8/h1-4,6H,(H3,14,15,16,17). The van der Waals surface area contributed by atoms with Gasteiger partial charge in [-0.1, -0.05) is 0 Å². The number of nitrogen functional groups attached to an aromatic ring is 1. The van der Waals surface area contributed by atoms with Crippen LogP contribution in [0.2, 0.25) is 0 Å². The molecule has 0 aliphatic carbocycles. The molecule has 17 heavy (non-hydrogen) atoms. The van der Waals surface area contributed by atoms with Crippen LogP contribution in [0.15, 0.2) is 34.9 Å². The molecule has 0 radical (unpaired) electrons. The van der Waals surface area contributed by atoms with E-state index in [0.29, 0.717) is 21.8 Å². The molecule has 1 aromatic carbocycles. The first-order chi connectivity index (χ1) is 8.19. The Morgan fingerprint density at radius 3 is 2.59 bits per heavy atom. The maximum Gasteiger partial charge on any atom is 0.229 e. The predicted octanol–water partition coefficient (Wildman–Crippen LogP) is 2.44. The Hall–Kier alpha value is -2.13. The molecule has 0 aliphatic heterocycles. The maximum atomic E-state index is 8.67. The zero-order chi connectivity index (χ0) is 12.3.